The van der Waals surface area contributed by atoms with Crippen LogP contribution in [0.15, 0.2) is 113 Å². The summed E-state index contributed by atoms with van der Waals surface area (Å²) in [4.78, 5) is 35.2. The number of epoxide rings is 1. The lowest BCUT2D eigenvalue weighted by Crippen LogP contribution is -2.42. The SMILES string of the molecule is C/C=C/C(O)C(C)(C)C1C/C=C\C=C/C=CC(OC)Cc2nc(co2)C(=O)OC(C(C)(C)C(O)/C=C/C)C/C=C\C2OC2/C=C/C=C/c2nc(co2)C(=O)O1. The summed E-state index contributed by atoms with van der Waals surface area (Å²) in [5, 5.41) is 21.8. The molecule has 0 spiro atoms. The molecule has 12 heteroatoms. The first-order valence-electron chi connectivity index (χ1n) is 18.4. The van der Waals surface area contributed by atoms with E-state index in [1.54, 1.807) is 49.6 Å². The predicted molar refractivity (Wildman–Crippen MR) is 208 cm³/mol. The average Bonchev–Trinajstić information content (AvgIpc) is 3.47. The number of rotatable bonds is 7. The molecule has 1 fully saturated rings. The Morgan fingerprint density at radius 2 is 1.31 bits per heavy atom. The summed E-state index contributed by atoms with van der Waals surface area (Å²) in [6.45, 7) is 11.0. The van der Waals surface area contributed by atoms with Crippen molar-refractivity contribution in [3.8, 4) is 0 Å². The number of aliphatic hydroxyl groups excluding tert-OH is 2. The van der Waals surface area contributed by atoms with Gasteiger partial charge < -0.3 is 38.0 Å². The van der Waals surface area contributed by atoms with E-state index >= 15 is 0 Å². The first-order valence-corrected chi connectivity index (χ1v) is 18.4. The Bertz CT molecular complexity index is 1800. The number of aliphatic hydroxyl groups is 2. The van der Waals surface area contributed by atoms with Crippen LogP contribution in [0.5, 0.6) is 0 Å². The molecule has 0 saturated carbocycles. The molecular weight excluding hydrogens is 704 g/mol. The van der Waals surface area contributed by atoms with Gasteiger partial charge in [-0.05, 0) is 13.8 Å². The Labute approximate surface area is 323 Å². The number of ether oxygens (including phenoxy) is 4. The summed E-state index contributed by atoms with van der Waals surface area (Å²) < 4.78 is 34.3. The number of allylic oxidation sites excluding steroid dienone is 8. The quantitative estimate of drug-likeness (QED) is 0.165. The van der Waals surface area contributed by atoms with Crippen LogP contribution in [-0.4, -0.2) is 82.0 Å². The van der Waals surface area contributed by atoms with Crippen molar-refractivity contribution in [1.29, 1.82) is 0 Å². The summed E-state index contributed by atoms with van der Waals surface area (Å²) in [6.07, 6.45) is 28.0. The van der Waals surface area contributed by atoms with E-state index in [-0.39, 0.29) is 35.9 Å². The van der Waals surface area contributed by atoms with E-state index in [1.807, 2.05) is 96.2 Å². The molecule has 2 aliphatic heterocycles. The van der Waals surface area contributed by atoms with Gasteiger partial charge in [-0.25, -0.2) is 19.6 Å². The zero-order chi connectivity index (χ0) is 40.0. The van der Waals surface area contributed by atoms with Crippen molar-refractivity contribution >= 4 is 18.0 Å². The monoisotopic (exact) mass is 758 g/mol. The molecular formula is C43H54N2O10. The lowest BCUT2D eigenvalue weighted by atomic mass is 9.79. The third-order valence-corrected chi connectivity index (χ3v) is 9.64. The van der Waals surface area contributed by atoms with Gasteiger partial charge in [0.1, 0.15) is 36.9 Å². The number of cyclic esters (lactones) is 2. The van der Waals surface area contributed by atoms with E-state index < -0.39 is 53.3 Å². The lowest BCUT2D eigenvalue weighted by molar-refractivity contribution is -0.0461. The number of fused-ring (bicyclic) bond motifs is 5. The number of methoxy groups -OCH3 is 1. The van der Waals surface area contributed by atoms with Crippen molar-refractivity contribution in [1.82, 2.24) is 9.97 Å². The Morgan fingerprint density at radius 3 is 1.95 bits per heavy atom. The number of hydrogen-bond donors (Lipinski definition) is 2. The number of esters is 2. The second-order valence-corrected chi connectivity index (χ2v) is 14.5. The maximum Gasteiger partial charge on any atom is 0.360 e. The smallest absolute Gasteiger partial charge is 0.360 e. The maximum atomic E-state index is 13.3. The number of aromatic nitrogens is 2. The zero-order valence-electron chi connectivity index (χ0n) is 32.6. The van der Waals surface area contributed by atoms with Crippen molar-refractivity contribution in [3.05, 3.63) is 127 Å². The van der Waals surface area contributed by atoms with Gasteiger partial charge in [-0.2, -0.15) is 0 Å². The third-order valence-electron chi connectivity index (χ3n) is 9.64. The van der Waals surface area contributed by atoms with Crippen LogP contribution in [0.25, 0.3) is 6.08 Å². The van der Waals surface area contributed by atoms with Crippen molar-refractivity contribution in [2.75, 3.05) is 7.11 Å². The van der Waals surface area contributed by atoms with Gasteiger partial charge in [0.2, 0.25) is 5.89 Å². The first kappa shape index (κ1) is 42.9. The minimum Gasteiger partial charge on any atom is -0.457 e. The molecule has 0 aliphatic carbocycles. The molecule has 2 aromatic rings. The molecule has 2 N–H and O–H groups in total. The van der Waals surface area contributed by atoms with Crippen LogP contribution in [0.1, 0.15) is 87.1 Å². The van der Waals surface area contributed by atoms with Gasteiger partial charge in [0.05, 0.1) is 24.7 Å². The van der Waals surface area contributed by atoms with Crippen molar-refractivity contribution in [2.24, 2.45) is 10.8 Å². The van der Waals surface area contributed by atoms with Crippen LogP contribution >= 0.6 is 0 Å². The summed E-state index contributed by atoms with van der Waals surface area (Å²) in [6, 6.07) is 0. The number of carbonyl (C=O) groups is 2. The normalized spacial score (nSPS) is 27.7. The second kappa shape index (κ2) is 20.2. The number of hydrogen-bond acceptors (Lipinski definition) is 12. The summed E-state index contributed by atoms with van der Waals surface area (Å²) in [5.41, 5.74) is -1.66. The molecule has 7 atom stereocenters. The van der Waals surface area contributed by atoms with E-state index in [2.05, 4.69) is 9.97 Å². The summed E-state index contributed by atoms with van der Waals surface area (Å²) in [7, 11) is 1.56. The molecule has 2 aliphatic rings. The number of oxazole rings is 2. The summed E-state index contributed by atoms with van der Waals surface area (Å²) in [5.74, 6) is -0.828. The number of nitrogens with zero attached hydrogens (tertiary/aromatic N) is 2. The molecule has 0 amide bonds. The van der Waals surface area contributed by atoms with Crippen molar-refractivity contribution in [3.63, 3.8) is 0 Å². The van der Waals surface area contributed by atoms with E-state index in [4.69, 9.17) is 27.8 Å². The fraction of sp³-hybridized carbons (Fsp3) is 0.442. The van der Waals surface area contributed by atoms with Crippen LogP contribution in [-0.2, 0) is 25.4 Å². The molecule has 2 aromatic heterocycles. The fourth-order valence-corrected chi connectivity index (χ4v) is 5.68. The molecule has 1 saturated heterocycles. The molecule has 296 valence electrons. The average molecular weight is 759 g/mol. The zero-order valence-corrected chi connectivity index (χ0v) is 32.6. The van der Waals surface area contributed by atoms with Gasteiger partial charge in [-0.15, -0.1) is 0 Å². The van der Waals surface area contributed by atoms with E-state index in [9.17, 15) is 19.8 Å². The van der Waals surface area contributed by atoms with E-state index in [1.165, 1.54) is 12.5 Å². The van der Waals surface area contributed by atoms with Crippen molar-refractivity contribution in [2.45, 2.75) is 104 Å². The van der Waals surface area contributed by atoms with Gasteiger partial charge in [-0.1, -0.05) is 119 Å². The van der Waals surface area contributed by atoms with Crippen LogP contribution in [0.4, 0.5) is 0 Å². The van der Waals surface area contributed by atoms with E-state index in [0.29, 0.717) is 18.7 Å². The largest absolute Gasteiger partial charge is 0.457 e. The molecule has 0 radical (unpaired) electrons. The predicted octanol–water partition coefficient (Wildman–Crippen LogP) is 7.25. The van der Waals surface area contributed by atoms with Gasteiger partial charge in [-0.3, -0.25) is 0 Å². The third kappa shape index (κ3) is 12.3. The fourth-order valence-electron chi connectivity index (χ4n) is 5.68. The summed E-state index contributed by atoms with van der Waals surface area (Å²) >= 11 is 0. The highest BCUT2D eigenvalue weighted by Crippen LogP contribution is 2.34. The second-order valence-electron chi connectivity index (χ2n) is 14.5. The molecule has 55 heavy (non-hydrogen) atoms. The Hall–Kier alpha value is -4.88. The first-order chi connectivity index (χ1) is 26.3. The highest BCUT2D eigenvalue weighted by atomic mass is 16.6. The molecule has 12 nitrogen and oxygen atoms in total. The standard InChI is InChI=1S/C43H54N2O10/c1-8-18-34(46)42(3,4)36-23-14-12-10-11-13-20-29(50-7)26-39-45-31(28-52-39)41(49)55-37(43(5,6)35(47)19-9-2)24-17-22-33-32(53-33)21-15-16-25-38-44-30(27-51-38)40(48)54-36/h8-22,25,27-29,32-37,46-47H,23-24,26H2,1-7H3/b11-10-,14-12-,18-8+,19-9+,20-13?,21-15+,22-17-,25-16+. The minimum absolute atomic E-state index is 0.00780. The van der Waals surface area contributed by atoms with Gasteiger partial charge >= 0.3 is 11.9 Å². The molecule has 4 rings (SSSR count). The van der Waals surface area contributed by atoms with Gasteiger partial charge in [0.15, 0.2) is 17.3 Å². The lowest BCUT2D eigenvalue weighted by Gasteiger charge is -2.36. The number of carbonyl (C=O) groups excluding carboxylic acids is 2. The minimum atomic E-state index is -0.880. The highest BCUT2D eigenvalue weighted by Gasteiger charge is 2.40. The maximum absolute atomic E-state index is 13.3. The molecule has 7 unspecified atom stereocenters. The highest BCUT2D eigenvalue weighted by molar-refractivity contribution is 5.87. The topological polar surface area (TPSA) is 167 Å². The Balaban J connectivity index is 1.58. The molecule has 0 aromatic carbocycles. The van der Waals surface area contributed by atoms with E-state index in [0.717, 1.165) is 0 Å². The van der Waals surface area contributed by atoms with Gasteiger partial charge in [0.25, 0.3) is 0 Å². The van der Waals surface area contributed by atoms with Crippen LogP contribution in [0.2, 0.25) is 0 Å². The van der Waals surface area contributed by atoms with Crippen LogP contribution in [0, 0.1) is 10.8 Å². The van der Waals surface area contributed by atoms with Crippen molar-refractivity contribution < 1.29 is 47.6 Å². The van der Waals surface area contributed by atoms with Crippen LogP contribution < -0.4 is 0 Å². The Kier molecular flexibility index (Phi) is 15.7. The van der Waals surface area contributed by atoms with Crippen LogP contribution in [0.3, 0.4) is 0 Å². The Morgan fingerprint density at radius 1 is 0.745 bits per heavy atom. The van der Waals surface area contributed by atoms with Gasteiger partial charge in [0, 0.05) is 36.9 Å². The molecule has 4 bridgehead atoms. The molecule has 4 heterocycles.